The Morgan fingerprint density at radius 1 is 1.32 bits per heavy atom. The highest BCUT2D eigenvalue weighted by molar-refractivity contribution is 9.10. The normalized spacial score (nSPS) is 10.9. The molecule has 96 valence electrons. The Labute approximate surface area is 119 Å². The van der Waals surface area contributed by atoms with Crippen LogP contribution in [0.4, 0.5) is 4.39 Å². The molecule has 2 aromatic heterocycles. The Hall–Kier alpha value is -1.73. The van der Waals surface area contributed by atoms with E-state index in [-0.39, 0.29) is 11.2 Å². The van der Waals surface area contributed by atoms with E-state index in [4.69, 9.17) is 16.3 Å². The summed E-state index contributed by atoms with van der Waals surface area (Å²) in [6, 6.07) is 4.38. The van der Waals surface area contributed by atoms with Crippen LogP contribution in [0.3, 0.4) is 0 Å². The number of aromatic amines is 1. The molecule has 0 radical (unpaired) electrons. The van der Waals surface area contributed by atoms with Crippen molar-refractivity contribution in [2.45, 2.75) is 0 Å². The third-order valence-corrected chi connectivity index (χ3v) is 3.14. The minimum atomic E-state index is -0.432. The van der Waals surface area contributed by atoms with Gasteiger partial charge in [0, 0.05) is 6.07 Å². The first-order valence-corrected chi connectivity index (χ1v) is 6.30. The minimum absolute atomic E-state index is 0.00665. The van der Waals surface area contributed by atoms with Gasteiger partial charge in [0.1, 0.15) is 17.1 Å². The number of hydrogen-bond acceptors (Lipinski definition) is 4. The summed E-state index contributed by atoms with van der Waals surface area (Å²) in [5.74, 6) is 0.0547. The Morgan fingerprint density at radius 2 is 2.16 bits per heavy atom. The third-order valence-electron chi connectivity index (χ3n) is 2.33. The average Bonchev–Trinajstić information content (AvgIpc) is 2.82. The maximum absolute atomic E-state index is 13.4. The number of imidazole rings is 1. The van der Waals surface area contributed by atoms with Crippen LogP contribution in [-0.2, 0) is 0 Å². The molecule has 19 heavy (non-hydrogen) atoms. The number of nitrogens with zero attached hydrogens (tertiary/aromatic N) is 3. The topological polar surface area (TPSA) is 63.7 Å². The van der Waals surface area contributed by atoms with Crippen LogP contribution in [0.1, 0.15) is 0 Å². The molecular formula is C11H5BrClFN4O. The van der Waals surface area contributed by atoms with E-state index < -0.39 is 5.82 Å². The summed E-state index contributed by atoms with van der Waals surface area (Å²) in [6.07, 6.45) is 1.45. The molecule has 0 bridgehead atoms. The second kappa shape index (κ2) is 4.75. The molecule has 0 aliphatic rings. The number of halogens is 3. The first kappa shape index (κ1) is 12.3. The Kier molecular flexibility index (Phi) is 3.08. The number of aromatic nitrogens is 4. The van der Waals surface area contributed by atoms with E-state index in [0.29, 0.717) is 21.4 Å². The zero-order valence-electron chi connectivity index (χ0n) is 9.19. The molecule has 0 amide bonds. The van der Waals surface area contributed by atoms with Crippen LogP contribution < -0.4 is 4.74 Å². The van der Waals surface area contributed by atoms with Gasteiger partial charge >= 0.3 is 0 Å². The molecule has 0 saturated heterocycles. The lowest BCUT2D eigenvalue weighted by atomic mass is 10.3. The van der Waals surface area contributed by atoms with Gasteiger partial charge in [0.15, 0.2) is 5.65 Å². The summed E-state index contributed by atoms with van der Waals surface area (Å²) < 4.78 is 19.3. The average molecular weight is 344 g/mol. The summed E-state index contributed by atoms with van der Waals surface area (Å²) in [7, 11) is 0. The summed E-state index contributed by atoms with van der Waals surface area (Å²) in [4.78, 5) is 14.7. The lowest BCUT2D eigenvalue weighted by Gasteiger charge is -2.06. The molecule has 0 fully saturated rings. The fourth-order valence-electron chi connectivity index (χ4n) is 1.51. The highest BCUT2D eigenvalue weighted by atomic mass is 79.9. The summed E-state index contributed by atoms with van der Waals surface area (Å²) in [5.41, 5.74) is 0.875. The van der Waals surface area contributed by atoms with Crippen LogP contribution in [0.5, 0.6) is 11.6 Å². The van der Waals surface area contributed by atoms with Gasteiger partial charge in [-0.3, -0.25) is 0 Å². The Balaban J connectivity index is 2.04. The lowest BCUT2D eigenvalue weighted by Crippen LogP contribution is -1.93. The Morgan fingerprint density at radius 3 is 2.95 bits per heavy atom. The van der Waals surface area contributed by atoms with Gasteiger partial charge in [0.25, 0.3) is 0 Å². The predicted octanol–water partition coefficient (Wildman–Crippen LogP) is 3.70. The molecule has 1 aromatic carbocycles. The highest BCUT2D eigenvalue weighted by Gasteiger charge is 2.12. The smallest absolute Gasteiger partial charge is 0.250 e. The summed E-state index contributed by atoms with van der Waals surface area (Å²) in [5, 5.41) is 0.00665. The zero-order chi connectivity index (χ0) is 13.4. The second-order valence-electron chi connectivity index (χ2n) is 3.58. The minimum Gasteiger partial charge on any atom is -0.437 e. The molecule has 0 unspecified atom stereocenters. The number of benzene rings is 1. The fraction of sp³-hybridized carbons (Fsp3) is 0. The van der Waals surface area contributed by atoms with E-state index in [1.54, 1.807) is 6.07 Å². The van der Waals surface area contributed by atoms with Crippen LogP contribution in [0.25, 0.3) is 11.2 Å². The molecule has 3 rings (SSSR count). The lowest BCUT2D eigenvalue weighted by molar-refractivity contribution is 0.461. The summed E-state index contributed by atoms with van der Waals surface area (Å²) in [6.45, 7) is 0. The predicted molar refractivity (Wildman–Crippen MR) is 70.9 cm³/mol. The van der Waals surface area contributed by atoms with E-state index in [1.165, 1.54) is 18.5 Å². The number of nitrogens with one attached hydrogen (secondary N) is 1. The standard InChI is InChI=1S/C11H5BrClFN4O/c12-6-2-1-5(3-7(6)14)19-10-8-9(16-4-15-8)17-11(13)18-10/h1-4H,(H,15,16,17,18). The SMILES string of the molecule is Fc1cc(Oc2nc(Cl)nc3nc[nH]c23)ccc1Br. The van der Waals surface area contributed by atoms with Crippen molar-refractivity contribution in [1.29, 1.82) is 0 Å². The maximum Gasteiger partial charge on any atom is 0.250 e. The molecule has 0 spiro atoms. The molecule has 0 aliphatic carbocycles. The van der Waals surface area contributed by atoms with Crippen molar-refractivity contribution in [3.8, 4) is 11.6 Å². The van der Waals surface area contributed by atoms with E-state index in [9.17, 15) is 4.39 Å². The zero-order valence-corrected chi connectivity index (χ0v) is 11.5. The molecule has 5 nitrogen and oxygen atoms in total. The second-order valence-corrected chi connectivity index (χ2v) is 4.77. The van der Waals surface area contributed by atoms with E-state index >= 15 is 0 Å². The van der Waals surface area contributed by atoms with Crippen molar-refractivity contribution >= 4 is 38.7 Å². The van der Waals surface area contributed by atoms with Gasteiger partial charge in [0.05, 0.1) is 10.8 Å². The van der Waals surface area contributed by atoms with Gasteiger partial charge in [-0.2, -0.15) is 9.97 Å². The molecular weight excluding hydrogens is 339 g/mol. The van der Waals surface area contributed by atoms with Crippen LogP contribution in [0, 0.1) is 5.82 Å². The van der Waals surface area contributed by atoms with Gasteiger partial charge in [-0.1, -0.05) is 0 Å². The highest BCUT2D eigenvalue weighted by Crippen LogP contribution is 2.28. The van der Waals surface area contributed by atoms with Crippen molar-refractivity contribution in [3.05, 3.63) is 40.1 Å². The van der Waals surface area contributed by atoms with E-state index in [0.717, 1.165) is 0 Å². The maximum atomic E-state index is 13.4. The van der Waals surface area contributed by atoms with Crippen molar-refractivity contribution in [2.24, 2.45) is 0 Å². The first-order chi connectivity index (χ1) is 9.13. The largest absolute Gasteiger partial charge is 0.437 e. The van der Waals surface area contributed by atoms with Gasteiger partial charge in [0.2, 0.25) is 11.2 Å². The molecule has 8 heteroatoms. The molecule has 3 aromatic rings. The van der Waals surface area contributed by atoms with Gasteiger partial charge in [-0.05, 0) is 39.7 Å². The van der Waals surface area contributed by atoms with Crippen LogP contribution in [0.15, 0.2) is 29.0 Å². The number of rotatable bonds is 2. The van der Waals surface area contributed by atoms with Crippen LogP contribution in [0.2, 0.25) is 5.28 Å². The molecule has 0 saturated carbocycles. The fourth-order valence-corrected chi connectivity index (χ4v) is 1.91. The quantitative estimate of drug-likeness (QED) is 0.721. The summed E-state index contributed by atoms with van der Waals surface area (Å²) >= 11 is 8.83. The molecule has 0 atom stereocenters. The molecule has 0 aliphatic heterocycles. The Bertz CT molecular complexity index is 764. The monoisotopic (exact) mass is 342 g/mol. The van der Waals surface area contributed by atoms with Crippen LogP contribution >= 0.6 is 27.5 Å². The number of ether oxygens (including phenoxy) is 1. The van der Waals surface area contributed by atoms with Gasteiger partial charge in [-0.15, -0.1) is 0 Å². The van der Waals surface area contributed by atoms with Gasteiger partial charge in [-0.25, -0.2) is 9.37 Å². The number of fused-ring (bicyclic) bond motifs is 1. The van der Waals surface area contributed by atoms with Gasteiger partial charge < -0.3 is 9.72 Å². The molecule has 2 heterocycles. The first-order valence-electron chi connectivity index (χ1n) is 5.13. The molecule has 1 N–H and O–H groups in total. The van der Waals surface area contributed by atoms with E-state index in [2.05, 4.69) is 35.9 Å². The number of H-pyrrole nitrogens is 1. The van der Waals surface area contributed by atoms with E-state index in [1.807, 2.05) is 0 Å². The van der Waals surface area contributed by atoms with Crippen molar-refractivity contribution in [2.75, 3.05) is 0 Å². The number of hydrogen-bond donors (Lipinski definition) is 1. The van der Waals surface area contributed by atoms with Crippen LogP contribution in [-0.4, -0.2) is 19.9 Å². The van der Waals surface area contributed by atoms with Crippen molar-refractivity contribution in [1.82, 2.24) is 19.9 Å². The van der Waals surface area contributed by atoms with Crippen molar-refractivity contribution < 1.29 is 9.13 Å². The van der Waals surface area contributed by atoms with Crippen molar-refractivity contribution in [3.63, 3.8) is 0 Å². The third kappa shape index (κ3) is 2.39.